The van der Waals surface area contributed by atoms with Gasteiger partial charge in [0.2, 0.25) is 0 Å². The molecule has 3 heterocycles. The number of nitrogens with zero attached hydrogens (tertiary/aromatic N) is 5. The zero-order chi connectivity index (χ0) is 19.0. The fourth-order valence-corrected chi connectivity index (χ4v) is 3.97. The third kappa shape index (κ3) is 3.46. The van der Waals surface area contributed by atoms with Gasteiger partial charge in [-0.05, 0) is 48.9 Å². The molecule has 2 aromatic heterocycles. The number of piperidine rings is 1. The van der Waals surface area contributed by atoms with Crippen LogP contribution in [0.5, 0.6) is 0 Å². The number of hydrogen-bond donors (Lipinski definition) is 0. The summed E-state index contributed by atoms with van der Waals surface area (Å²) in [7, 11) is 0. The molecule has 0 aliphatic carbocycles. The summed E-state index contributed by atoms with van der Waals surface area (Å²) in [6, 6.07) is 10.9. The Kier molecular flexibility index (Phi) is 4.68. The second-order valence-corrected chi connectivity index (χ2v) is 7.81. The van der Waals surface area contributed by atoms with Gasteiger partial charge in [-0.15, -0.1) is 0 Å². The van der Waals surface area contributed by atoms with E-state index in [0.717, 1.165) is 37.3 Å². The molecular formula is C22H27N5. The summed E-state index contributed by atoms with van der Waals surface area (Å²) in [6.07, 6.45) is 3.88. The predicted octanol–water partition coefficient (Wildman–Crippen LogP) is 4.41. The summed E-state index contributed by atoms with van der Waals surface area (Å²) in [5.74, 6) is 1.60. The van der Waals surface area contributed by atoms with Crippen molar-refractivity contribution in [3.8, 4) is 0 Å². The van der Waals surface area contributed by atoms with Gasteiger partial charge in [0.1, 0.15) is 6.33 Å². The van der Waals surface area contributed by atoms with Crippen LogP contribution in [0, 0.1) is 6.92 Å². The lowest BCUT2D eigenvalue weighted by atomic mass is 9.92. The van der Waals surface area contributed by atoms with Gasteiger partial charge < -0.3 is 4.90 Å². The highest BCUT2D eigenvalue weighted by molar-refractivity contribution is 5.63. The van der Waals surface area contributed by atoms with Crippen LogP contribution in [0.15, 0.2) is 43.2 Å². The van der Waals surface area contributed by atoms with Crippen LogP contribution in [0.4, 0.5) is 0 Å². The molecule has 5 heteroatoms. The van der Waals surface area contributed by atoms with E-state index in [-0.39, 0.29) is 0 Å². The number of aromatic nitrogens is 4. The Labute approximate surface area is 160 Å². The molecule has 1 unspecified atom stereocenters. The number of aryl methyl sites for hydroxylation is 1. The Morgan fingerprint density at radius 3 is 2.93 bits per heavy atom. The van der Waals surface area contributed by atoms with E-state index in [4.69, 9.17) is 0 Å². The van der Waals surface area contributed by atoms with Crippen LogP contribution in [-0.2, 0) is 0 Å². The minimum absolute atomic E-state index is 0.398. The van der Waals surface area contributed by atoms with Gasteiger partial charge in [-0.25, -0.2) is 9.50 Å². The molecule has 1 fully saturated rings. The quantitative estimate of drug-likeness (QED) is 0.691. The summed E-state index contributed by atoms with van der Waals surface area (Å²) in [5.41, 5.74) is 5.88. The van der Waals surface area contributed by atoms with Crippen molar-refractivity contribution < 1.29 is 0 Å². The number of benzene rings is 1. The minimum atomic E-state index is 0.398. The monoisotopic (exact) mass is 361 g/mol. The van der Waals surface area contributed by atoms with E-state index in [9.17, 15) is 0 Å². The van der Waals surface area contributed by atoms with E-state index in [1.54, 1.807) is 6.33 Å². The molecule has 0 radical (unpaired) electrons. The second kappa shape index (κ2) is 7.14. The average molecular weight is 361 g/mol. The van der Waals surface area contributed by atoms with Gasteiger partial charge in [-0.2, -0.15) is 10.1 Å². The molecule has 1 atom stereocenters. The van der Waals surface area contributed by atoms with Crippen molar-refractivity contribution in [3.63, 3.8) is 0 Å². The van der Waals surface area contributed by atoms with Gasteiger partial charge in [0, 0.05) is 30.4 Å². The largest absolute Gasteiger partial charge is 0.371 e. The number of likely N-dealkylation sites (tertiary alicyclic amines) is 1. The molecule has 4 rings (SSSR count). The molecular weight excluding hydrogens is 334 g/mol. The van der Waals surface area contributed by atoms with Crippen molar-refractivity contribution in [3.05, 3.63) is 65.8 Å². The molecule has 27 heavy (non-hydrogen) atoms. The van der Waals surface area contributed by atoms with E-state index < -0.39 is 0 Å². The zero-order valence-corrected chi connectivity index (χ0v) is 16.4. The first kappa shape index (κ1) is 17.7. The molecule has 5 nitrogen and oxygen atoms in total. The van der Waals surface area contributed by atoms with E-state index in [0.29, 0.717) is 17.6 Å². The molecule has 140 valence electrons. The van der Waals surface area contributed by atoms with Crippen LogP contribution in [0.3, 0.4) is 0 Å². The Hall–Kier alpha value is -2.69. The molecule has 1 aliphatic rings. The van der Waals surface area contributed by atoms with Crippen molar-refractivity contribution >= 4 is 11.5 Å². The standard InChI is InChI=1S/C22H27N5/c1-15(2)18-7-5-8-19(12-18)17(4)26-10-6-9-20(13-26)21-11-16(3)25-22-23-14-24-27(21)22/h5,7-8,11-12,14-15,20H,4,6,9-10,13H2,1-3H3. The number of rotatable bonds is 4. The first-order valence-corrected chi connectivity index (χ1v) is 9.74. The van der Waals surface area contributed by atoms with E-state index in [1.165, 1.54) is 16.8 Å². The third-order valence-electron chi connectivity index (χ3n) is 5.52. The van der Waals surface area contributed by atoms with Gasteiger partial charge in [0.15, 0.2) is 0 Å². The highest BCUT2D eigenvalue weighted by Crippen LogP contribution is 2.32. The van der Waals surface area contributed by atoms with Crippen molar-refractivity contribution in [1.29, 1.82) is 0 Å². The van der Waals surface area contributed by atoms with Crippen LogP contribution in [0.25, 0.3) is 11.5 Å². The highest BCUT2D eigenvalue weighted by Gasteiger charge is 2.25. The Morgan fingerprint density at radius 1 is 1.26 bits per heavy atom. The maximum atomic E-state index is 4.48. The van der Waals surface area contributed by atoms with Crippen LogP contribution in [0.2, 0.25) is 0 Å². The van der Waals surface area contributed by atoms with Gasteiger partial charge in [0.25, 0.3) is 5.78 Å². The van der Waals surface area contributed by atoms with E-state index in [2.05, 4.69) is 70.7 Å². The molecule has 0 spiro atoms. The normalized spacial score (nSPS) is 17.6. The highest BCUT2D eigenvalue weighted by atomic mass is 15.3. The van der Waals surface area contributed by atoms with E-state index >= 15 is 0 Å². The van der Waals surface area contributed by atoms with Crippen LogP contribution >= 0.6 is 0 Å². The lowest BCUT2D eigenvalue weighted by Gasteiger charge is -2.36. The van der Waals surface area contributed by atoms with Crippen molar-refractivity contribution in [2.24, 2.45) is 0 Å². The number of hydrogen-bond acceptors (Lipinski definition) is 4. The molecule has 3 aromatic rings. The Morgan fingerprint density at radius 2 is 2.11 bits per heavy atom. The molecule has 0 saturated carbocycles. The van der Waals surface area contributed by atoms with Crippen molar-refractivity contribution in [2.75, 3.05) is 13.1 Å². The zero-order valence-electron chi connectivity index (χ0n) is 16.4. The summed E-state index contributed by atoms with van der Waals surface area (Å²) < 4.78 is 1.89. The topological polar surface area (TPSA) is 46.3 Å². The summed E-state index contributed by atoms with van der Waals surface area (Å²) >= 11 is 0. The smallest absolute Gasteiger partial charge is 0.252 e. The molecule has 1 aliphatic heterocycles. The fraction of sp³-hybridized carbons (Fsp3) is 0.409. The van der Waals surface area contributed by atoms with E-state index in [1.807, 2.05) is 11.4 Å². The van der Waals surface area contributed by atoms with Gasteiger partial charge in [0.05, 0.1) is 5.69 Å². The molecule has 0 amide bonds. The maximum Gasteiger partial charge on any atom is 0.252 e. The summed E-state index contributed by atoms with van der Waals surface area (Å²) in [6.45, 7) is 12.9. The van der Waals surface area contributed by atoms with Gasteiger partial charge >= 0.3 is 0 Å². The van der Waals surface area contributed by atoms with Gasteiger partial charge in [-0.1, -0.05) is 38.6 Å². The average Bonchev–Trinajstić information content (AvgIpc) is 3.15. The maximum absolute atomic E-state index is 4.48. The molecule has 0 bridgehead atoms. The Bertz CT molecular complexity index is 972. The SMILES string of the molecule is C=C(c1cccc(C(C)C)c1)N1CCCC(c2cc(C)nc3ncnn23)C1. The minimum Gasteiger partial charge on any atom is -0.371 e. The summed E-state index contributed by atoms with van der Waals surface area (Å²) in [5, 5.41) is 4.40. The number of fused-ring (bicyclic) bond motifs is 1. The van der Waals surface area contributed by atoms with Crippen molar-refractivity contribution in [1.82, 2.24) is 24.5 Å². The summed E-state index contributed by atoms with van der Waals surface area (Å²) in [4.78, 5) is 11.2. The predicted molar refractivity (Wildman–Crippen MR) is 109 cm³/mol. The second-order valence-electron chi connectivity index (χ2n) is 7.81. The molecule has 1 saturated heterocycles. The van der Waals surface area contributed by atoms with Crippen LogP contribution in [-0.4, -0.2) is 37.6 Å². The lowest BCUT2D eigenvalue weighted by Crippen LogP contribution is -2.33. The fourth-order valence-electron chi connectivity index (χ4n) is 3.97. The Balaban J connectivity index is 1.60. The first-order chi connectivity index (χ1) is 13.0. The lowest BCUT2D eigenvalue weighted by molar-refractivity contribution is 0.290. The van der Waals surface area contributed by atoms with Gasteiger partial charge in [-0.3, -0.25) is 0 Å². The van der Waals surface area contributed by atoms with Crippen molar-refractivity contribution in [2.45, 2.75) is 45.4 Å². The van der Waals surface area contributed by atoms with Crippen LogP contribution in [0.1, 0.15) is 61.0 Å². The molecule has 0 N–H and O–H groups in total. The third-order valence-corrected chi connectivity index (χ3v) is 5.52. The molecule has 1 aromatic carbocycles. The first-order valence-electron chi connectivity index (χ1n) is 9.74. The van der Waals surface area contributed by atoms with Crippen LogP contribution < -0.4 is 0 Å².